The first-order valence-corrected chi connectivity index (χ1v) is 9.04. The molecule has 132 valence electrons. The number of aryl methyl sites for hydroxylation is 1. The standard InChI is InChI=1S/C20H29NO3/c1-4-24-20(23)18(11-10-16-8-6-5-7-9-16)21-13-12-17(19(21)22)14-15(2)3/h5-9,15,17-18H,4,10-14H2,1-3H3. The van der Waals surface area contributed by atoms with Gasteiger partial charge in [0.25, 0.3) is 0 Å². The van der Waals surface area contributed by atoms with Crippen molar-refractivity contribution in [3.05, 3.63) is 35.9 Å². The number of carbonyl (C=O) groups excluding carboxylic acids is 2. The van der Waals surface area contributed by atoms with Gasteiger partial charge in [-0.1, -0.05) is 44.2 Å². The lowest BCUT2D eigenvalue weighted by Crippen LogP contribution is -2.44. The average molecular weight is 331 g/mol. The molecule has 0 aliphatic carbocycles. The molecule has 1 amide bonds. The Labute approximate surface area is 145 Å². The number of esters is 1. The second-order valence-corrected chi connectivity index (χ2v) is 6.94. The maximum Gasteiger partial charge on any atom is 0.328 e. The summed E-state index contributed by atoms with van der Waals surface area (Å²) >= 11 is 0. The highest BCUT2D eigenvalue weighted by molar-refractivity contribution is 5.87. The maximum atomic E-state index is 12.7. The molecular weight excluding hydrogens is 302 g/mol. The van der Waals surface area contributed by atoms with Gasteiger partial charge in [-0.05, 0) is 44.1 Å². The van der Waals surface area contributed by atoms with E-state index in [-0.39, 0.29) is 17.8 Å². The van der Waals surface area contributed by atoms with Gasteiger partial charge in [0.1, 0.15) is 6.04 Å². The Morgan fingerprint density at radius 3 is 2.62 bits per heavy atom. The van der Waals surface area contributed by atoms with Gasteiger partial charge in [-0.25, -0.2) is 4.79 Å². The number of hydrogen-bond acceptors (Lipinski definition) is 3. The van der Waals surface area contributed by atoms with Crippen molar-refractivity contribution in [3.8, 4) is 0 Å². The van der Waals surface area contributed by atoms with Crippen LogP contribution < -0.4 is 0 Å². The number of benzene rings is 1. The van der Waals surface area contributed by atoms with Gasteiger partial charge < -0.3 is 9.64 Å². The van der Waals surface area contributed by atoms with E-state index in [1.165, 1.54) is 5.56 Å². The summed E-state index contributed by atoms with van der Waals surface area (Å²) in [6.07, 6.45) is 3.12. The summed E-state index contributed by atoms with van der Waals surface area (Å²) in [7, 11) is 0. The fourth-order valence-electron chi connectivity index (χ4n) is 3.45. The van der Waals surface area contributed by atoms with Crippen LogP contribution in [0, 0.1) is 11.8 Å². The molecule has 0 saturated carbocycles. The van der Waals surface area contributed by atoms with Crippen molar-refractivity contribution in [3.63, 3.8) is 0 Å². The molecule has 4 heteroatoms. The summed E-state index contributed by atoms with van der Waals surface area (Å²) in [4.78, 5) is 26.9. The number of rotatable bonds is 8. The summed E-state index contributed by atoms with van der Waals surface area (Å²) in [6, 6.07) is 9.61. The predicted molar refractivity (Wildman–Crippen MR) is 94.5 cm³/mol. The van der Waals surface area contributed by atoms with E-state index >= 15 is 0 Å². The second-order valence-electron chi connectivity index (χ2n) is 6.94. The van der Waals surface area contributed by atoms with Gasteiger partial charge in [0, 0.05) is 12.5 Å². The molecule has 1 saturated heterocycles. The summed E-state index contributed by atoms with van der Waals surface area (Å²) < 4.78 is 5.24. The Balaban J connectivity index is 2.05. The van der Waals surface area contributed by atoms with Crippen molar-refractivity contribution in [2.24, 2.45) is 11.8 Å². The first-order valence-electron chi connectivity index (χ1n) is 9.04. The fourth-order valence-corrected chi connectivity index (χ4v) is 3.45. The van der Waals surface area contributed by atoms with Crippen molar-refractivity contribution < 1.29 is 14.3 Å². The van der Waals surface area contributed by atoms with E-state index in [1.54, 1.807) is 11.8 Å². The zero-order chi connectivity index (χ0) is 17.5. The van der Waals surface area contributed by atoms with Gasteiger partial charge in [-0.3, -0.25) is 4.79 Å². The minimum absolute atomic E-state index is 0.0543. The molecule has 0 aromatic heterocycles. The van der Waals surface area contributed by atoms with Crippen LogP contribution in [0.3, 0.4) is 0 Å². The molecule has 1 aliphatic heterocycles. The van der Waals surface area contributed by atoms with E-state index in [1.807, 2.05) is 18.2 Å². The minimum atomic E-state index is -0.463. The molecule has 0 N–H and O–H groups in total. The molecule has 2 rings (SSSR count). The Morgan fingerprint density at radius 2 is 2.00 bits per heavy atom. The summed E-state index contributed by atoms with van der Waals surface area (Å²) in [5.41, 5.74) is 1.18. The third-order valence-electron chi connectivity index (χ3n) is 4.59. The van der Waals surface area contributed by atoms with Crippen LogP contribution in [-0.4, -0.2) is 36.0 Å². The Hall–Kier alpha value is -1.84. The number of likely N-dealkylation sites (tertiary alicyclic amines) is 1. The molecule has 0 radical (unpaired) electrons. The highest BCUT2D eigenvalue weighted by Crippen LogP contribution is 2.28. The maximum absolute atomic E-state index is 12.7. The average Bonchev–Trinajstić information content (AvgIpc) is 2.90. The normalized spacial score (nSPS) is 18.9. The van der Waals surface area contributed by atoms with Crippen molar-refractivity contribution in [2.45, 2.75) is 52.5 Å². The summed E-state index contributed by atoms with van der Waals surface area (Å²) in [5, 5.41) is 0. The van der Waals surface area contributed by atoms with Gasteiger partial charge >= 0.3 is 5.97 Å². The monoisotopic (exact) mass is 331 g/mol. The van der Waals surface area contributed by atoms with Crippen LogP contribution in [0.4, 0.5) is 0 Å². The topological polar surface area (TPSA) is 46.6 Å². The van der Waals surface area contributed by atoms with Crippen LogP contribution in [0.5, 0.6) is 0 Å². The largest absolute Gasteiger partial charge is 0.464 e. The predicted octanol–water partition coefficient (Wildman–Crippen LogP) is 3.45. The van der Waals surface area contributed by atoms with E-state index in [2.05, 4.69) is 26.0 Å². The number of carbonyl (C=O) groups is 2. The number of ether oxygens (including phenoxy) is 1. The van der Waals surface area contributed by atoms with Crippen LogP contribution in [0.1, 0.15) is 45.6 Å². The summed E-state index contributed by atoms with van der Waals surface area (Å²) in [5.74, 6) is 0.393. The smallest absolute Gasteiger partial charge is 0.328 e. The third-order valence-corrected chi connectivity index (χ3v) is 4.59. The molecule has 4 nitrogen and oxygen atoms in total. The molecule has 2 atom stereocenters. The van der Waals surface area contributed by atoms with Crippen molar-refractivity contribution in [1.82, 2.24) is 4.90 Å². The van der Waals surface area contributed by atoms with Gasteiger partial charge in [-0.2, -0.15) is 0 Å². The fraction of sp³-hybridized carbons (Fsp3) is 0.600. The number of hydrogen-bond donors (Lipinski definition) is 0. The number of nitrogens with zero attached hydrogens (tertiary/aromatic N) is 1. The third kappa shape index (κ3) is 4.83. The van der Waals surface area contributed by atoms with E-state index < -0.39 is 6.04 Å². The lowest BCUT2D eigenvalue weighted by molar-refractivity contribution is -0.154. The van der Waals surface area contributed by atoms with Crippen LogP contribution >= 0.6 is 0 Å². The molecular formula is C20H29NO3. The van der Waals surface area contributed by atoms with Crippen LogP contribution in [0.2, 0.25) is 0 Å². The second kappa shape index (κ2) is 8.86. The first kappa shape index (κ1) is 18.5. The van der Waals surface area contributed by atoms with Crippen molar-refractivity contribution >= 4 is 11.9 Å². The van der Waals surface area contributed by atoms with Gasteiger partial charge in [0.05, 0.1) is 6.61 Å². The van der Waals surface area contributed by atoms with E-state index in [0.717, 1.165) is 19.3 Å². The molecule has 2 unspecified atom stereocenters. The molecule has 1 aliphatic rings. The van der Waals surface area contributed by atoms with Gasteiger partial charge in [0.2, 0.25) is 5.91 Å². The van der Waals surface area contributed by atoms with Gasteiger partial charge in [-0.15, -0.1) is 0 Å². The number of amides is 1. The lowest BCUT2D eigenvalue weighted by atomic mass is 9.96. The molecule has 1 fully saturated rings. The quantitative estimate of drug-likeness (QED) is 0.686. The van der Waals surface area contributed by atoms with E-state index in [4.69, 9.17) is 4.74 Å². The molecule has 1 heterocycles. The zero-order valence-corrected chi connectivity index (χ0v) is 15.0. The van der Waals surface area contributed by atoms with E-state index in [0.29, 0.717) is 25.5 Å². The van der Waals surface area contributed by atoms with Crippen LogP contribution in [0.25, 0.3) is 0 Å². The molecule has 1 aromatic carbocycles. The first-order chi connectivity index (χ1) is 11.5. The lowest BCUT2D eigenvalue weighted by Gasteiger charge is -2.26. The van der Waals surface area contributed by atoms with Crippen LogP contribution in [0.15, 0.2) is 30.3 Å². The summed E-state index contributed by atoms with van der Waals surface area (Å²) in [6.45, 7) is 7.08. The molecule has 24 heavy (non-hydrogen) atoms. The molecule has 0 spiro atoms. The minimum Gasteiger partial charge on any atom is -0.464 e. The molecule has 0 bridgehead atoms. The van der Waals surface area contributed by atoms with Crippen LogP contribution in [-0.2, 0) is 20.7 Å². The van der Waals surface area contributed by atoms with Crippen molar-refractivity contribution in [2.75, 3.05) is 13.2 Å². The Morgan fingerprint density at radius 1 is 1.29 bits per heavy atom. The SMILES string of the molecule is CCOC(=O)C(CCc1ccccc1)N1CCC(CC(C)C)C1=O. The highest BCUT2D eigenvalue weighted by atomic mass is 16.5. The zero-order valence-electron chi connectivity index (χ0n) is 15.0. The Kier molecular flexibility index (Phi) is 6.83. The van der Waals surface area contributed by atoms with E-state index in [9.17, 15) is 9.59 Å². The highest BCUT2D eigenvalue weighted by Gasteiger charge is 2.39. The molecule has 1 aromatic rings. The van der Waals surface area contributed by atoms with Gasteiger partial charge in [0.15, 0.2) is 0 Å². The van der Waals surface area contributed by atoms with Crippen molar-refractivity contribution in [1.29, 1.82) is 0 Å². The Bertz CT molecular complexity index is 541.